The maximum atomic E-state index is 12.4. The number of fused-ring (bicyclic) bond motifs is 9. The van der Waals surface area contributed by atoms with Crippen LogP contribution in [0.5, 0.6) is 0 Å². The third kappa shape index (κ3) is 3.13. The predicted octanol–water partition coefficient (Wildman–Crippen LogP) is 9.82. The molecule has 7 aromatic carbocycles. The Bertz CT molecular complexity index is 2210. The van der Waals surface area contributed by atoms with Crippen molar-refractivity contribution >= 4 is 59.8 Å². The van der Waals surface area contributed by atoms with Crippen molar-refractivity contribution in [1.29, 1.82) is 0 Å². The highest BCUT2D eigenvalue weighted by molar-refractivity contribution is 6.28. The number of nitro groups is 1. The summed E-state index contributed by atoms with van der Waals surface area (Å²) < 4.78 is 2.20. The number of benzene rings is 7. The van der Waals surface area contributed by atoms with E-state index < -0.39 is 0 Å². The summed E-state index contributed by atoms with van der Waals surface area (Å²) in [4.78, 5) is 12.2. The number of hydrogen-bond donors (Lipinski definition) is 0. The molecular weight excluding hydrogens is 492 g/mol. The van der Waals surface area contributed by atoms with Crippen molar-refractivity contribution in [3.8, 4) is 16.8 Å². The first-order chi connectivity index (χ1) is 19.7. The number of para-hydroxylation sites is 2. The van der Waals surface area contributed by atoms with Crippen LogP contribution in [0, 0.1) is 10.1 Å². The molecule has 0 aliphatic carbocycles. The van der Waals surface area contributed by atoms with Crippen LogP contribution in [0.3, 0.4) is 0 Å². The van der Waals surface area contributed by atoms with E-state index in [0.29, 0.717) is 5.56 Å². The molecule has 1 aromatic heterocycles. The lowest BCUT2D eigenvalue weighted by Crippen LogP contribution is -1.98. The van der Waals surface area contributed by atoms with Gasteiger partial charge in [-0.05, 0) is 62.1 Å². The Morgan fingerprint density at radius 3 is 1.52 bits per heavy atom. The van der Waals surface area contributed by atoms with E-state index in [1.807, 2.05) is 54.6 Å². The molecule has 188 valence electrons. The Balaban J connectivity index is 1.51. The average Bonchev–Trinajstić information content (AvgIpc) is 3.35. The Hall–Kier alpha value is -5.48. The molecule has 40 heavy (non-hydrogen) atoms. The van der Waals surface area contributed by atoms with E-state index in [1.54, 1.807) is 6.07 Å². The van der Waals surface area contributed by atoms with Gasteiger partial charge in [0.25, 0.3) is 5.69 Å². The first-order valence-corrected chi connectivity index (χ1v) is 13.3. The number of hydrogen-bond acceptors (Lipinski definition) is 2. The van der Waals surface area contributed by atoms with Crippen molar-refractivity contribution in [2.24, 2.45) is 0 Å². The van der Waals surface area contributed by atoms with Crippen LogP contribution in [0.4, 0.5) is 5.69 Å². The molecule has 0 spiro atoms. The lowest BCUT2D eigenvalue weighted by Gasteiger charge is -2.16. The van der Waals surface area contributed by atoms with Crippen LogP contribution >= 0.6 is 0 Å². The van der Waals surface area contributed by atoms with Crippen molar-refractivity contribution in [2.45, 2.75) is 0 Å². The van der Waals surface area contributed by atoms with Gasteiger partial charge in [0.2, 0.25) is 0 Å². The summed E-state index contributed by atoms with van der Waals surface area (Å²) in [6.45, 7) is 0. The molecule has 8 rings (SSSR count). The Labute approximate surface area is 229 Å². The summed E-state index contributed by atoms with van der Waals surface area (Å²) in [6.07, 6.45) is 0. The highest BCUT2D eigenvalue weighted by Gasteiger charge is 2.22. The number of nitrogens with zero attached hydrogens (tertiary/aromatic N) is 2. The van der Waals surface area contributed by atoms with E-state index in [9.17, 15) is 10.1 Å². The minimum atomic E-state index is -0.271. The van der Waals surface area contributed by atoms with Crippen molar-refractivity contribution < 1.29 is 4.92 Å². The van der Waals surface area contributed by atoms with Crippen molar-refractivity contribution in [2.75, 3.05) is 0 Å². The Morgan fingerprint density at radius 1 is 0.475 bits per heavy atom. The fraction of sp³-hybridized carbons (Fsp3) is 0. The average molecular weight is 515 g/mol. The summed E-state index contributed by atoms with van der Waals surface area (Å²) in [7, 11) is 0. The van der Waals surface area contributed by atoms with E-state index in [2.05, 4.69) is 77.4 Å². The topological polar surface area (TPSA) is 48.1 Å². The maximum absolute atomic E-state index is 12.4. The zero-order valence-corrected chi connectivity index (χ0v) is 21.4. The summed E-state index contributed by atoms with van der Waals surface area (Å²) in [6, 6.07) is 45.0. The fourth-order valence-electron chi connectivity index (χ4n) is 6.42. The van der Waals surface area contributed by atoms with Gasteiger partial charge < -0.3 is 4.57 Å². The molecule has 0 bridgehead atoms. The molecule has 0 aliphatic rings. The molecule has 0 saturated carbocycles. The lowest BCUT2D eigenvalue weighted by molar-refractivity contribution is -0.384. The number of rotatable bonds is 3. The third-order valence-corrected chi connectivity index (χ3v) is 8.07. The number of nitro benzene ring substituents is 1. The van der Waals surface area contributed by atoms with Gasteiger partial charge >= 0.3 is 0 Å². The minimum Gasteiger partial charge on any atom is -0.309 e. The van der Waals surface area contributed by atoms with Gasteiger partial charge in [0.1, 0.15) is 0 Å². The first kappa shape index (κ1) is 22.5. The van der Waals surface area contributed by atoms with E-state index in [1.165, 1.54) is 5.39 Å². The normalized spacial score (nSPS) is 11.7. The second-order valence-electron chi connectivity index (χ2n) is 10.1. The molecule has 4 heteroatoms. The quantitative estimate of drug-likeness (QED) is 0.134. The summed E-state index contributed by atoms with van der Waals surface area (Å²) >= 11 is 0. The van der Waals surface area contributed by atoms with E-state index >= 15 is 0 Å². The van der Waals surface area contributed by atoms with E-state index in [-0.39, 0.29) is 10.6 Å². The molecule has 0 amide bonds. The van der Waals surface area contributed by atoms with Gasteiger partial charge in [0.05, 0.1) is 21.5 Å². The minimum absolute atomic E-state index is 0.0919. The molecule has 0 atom stereocenters. The molecule has 0 unspecified atom stereocenters. The predicted molar refractivity (Wildman–Crippen MR) is 165 cm³/mol. The molecule has 4 nitrogen and oxygen atoms in total. The van der Waals surface area contributed by atoms with Crippen LogP contribution in [0.25, 0.3) is 70.9 Å². The molecule has 1 heterocycles. The second kappa shape index (κ2) is 8.52. The van der Waals surface area contributed by atoms with Gasteiger partial charge in [-0.3, -0.25) is 10.1 Å². The zero-order valence-electron chi connectivity index (χ0n) is 21.4. The SMILES string of the molecule is O=[N+]([O-])c1ccc(-n2c3ccccc3c3ccccc32)cc1-c1cccc2c3ccccc3c3ccccc3c12. The van der Waals surface area contributed by atoms with Crippen LogP contribution in [0.2, 0.25) is 0 Å². The fourth-order valence-corrected chi connectivity index (χ4v) is 6.42. The van der Waals surface area contributed by atoms with Crippen LogP contribution in [-0.4, -0.2) is 9.49 Å². The lowest BCUT2D eigenvalue weighted by atomic mass is 9.89. The molecule has 0 fully saturated rings. The standard InChI is InChI=1S/C36H22N2O2/c39-38(40)35-21-20-23(37-33-18-7-5-13-27(33)28-14-6-8-19-34(28)37)22-32(35)31-17-9-16-30-26-11-2-1-10-24(26)25-12-3-4-15-29(25)36(30)31/h1-22H. The molecular formula is C36H22N2O2. The maximum Gasteiger partial charge on any atom is 0.277 e. The summed E-state index contributed by atoms with van der Waals surface area (Å²) in [5.74, 6) is 0. The second-order valence-corrected chi connectivity index (χ2v) is 10.1. The van der Waals surface area contributed by atoms with E-state index in [4.69, 9.17) is 0 Å². The van der Waals surface area contributed by atoms with E-state index in [0.717, 1.165) is 60.0 Å². The summed E-state index contributed by atoms with van der Waals surface area (Å²) in [5.41, 5.74) is 4.58. The summed E-state index contributed by atoms with van der Waals surface area (Å²) in [5, 5.41) is 21.4. The third-order valence-electron chi connectivity index (χ3n) is 8.07. The molecule has 0 saturated heterocycles. The highest BCUT2D eigenvalue weighted by Crippen LogP contribution is 2.43. The van der Waals surface area contributed by atoms with Crippen molar-refractivity contribution in [3.63, 3.8) is 0 Å². The van der Waals surface area contributed by atoms with Crippen LogP contribution in [0.15, 0.2) is 133 Å². The van der Waals surface area contributed by atoms with Crippen molar-refractivity contribution in [3.05, 3.63) is 144 Å². The van der Waals surface area contributed by atoms with Gasteiger partial charge in [-0.15, -0.1) is 0 Å². The van der Waals surface area contributed by atoms with Crippen LogP contribution in [-0.2, 0) is 0 Å². The Kier molecular flexibility index (Phi) is 4.79. The molecule has 0 aliphatic heterocycles. The highest BCUT2D eigenvalue weighted by atomic mass is 16.6. The van der Waals surface area contributed by atoms with Gasteiger partial charge in [0.15, 0.2) is 0 Å². The van der Waals surface area contributed by atoms with Gasteiger partial charge in [-0.2, -0.15) is 0 Å². The largest absolute Gasteiger partial charge is 0.309 e. The molecule has 0 N–H and O–H groups in total. The van der Waals surface area contributed by atoms with Crippen LogP contribution < -0.4 is 0 Å². The van der Waals surface area contributed by atoms with Crippen molar-refractivity contribution in [1.82, 2.24) is 4.57 Å². The molecule has 8 aromatic rings. The number of aromatic nitrogens is 1. The van der Waals surface area contributed by atoms with Gasteiger partial charge in [-0.25, -0.2) is 0 Å². The smallest absolute Gasteiger partial charge is 0.277 e. The zero-order chi connectivity index (χ0) is 26.8. The molecule has 0 radical (unpaired) electrons. The Morgan fingerprint density at radius 2 is 0.950 bits per heavy atom. The van der Waals surface area contributed by atoms with Gasteiger partial charge in [0, 0.05) is 22.5 Å². The monoisotopic (exact) mass is 514 g/mol. The first-order valence-electron chi connectivity index (χ1n) is 13.3. The van der Waals surface area contributed by atoms with Gasteiger partial charge in [-0.1, -0.05) is 103 Å². The van der Waals surface area contributed by atoms with Crippen LogP contribution in [0.1, 0.15) is 0 Å².